The average Bonchev–Trinajstić information content (AvgIpc) is 2.49. The van der Waals surface area contributed by atoms with Crippen molar-refractivity contribution in [1.29, 1.82) is 0 Å². The molecule has 1 aliphatic heterocycles. The minimum absolute atomic E-state index is 0.0818. The SMILES string of the molecule is O=C(O)C1CCCCN1C(=O)CCSc1ccccc1Cl. The van der Waals surface area contributed by atoms with Crippen LogP contribution in [-0.2, 0) is 9.59 Å². The minimum atomic E-state index is -0.901. The molecule has 0 aromatic heterocycles. The number of likely N-dealkylation sites (tertiary alicyclic amines) is 1. The fourth-order valence-electron chi connectivity index (χ4n) is 2.44. The predicted molar refractivity (Wildman–Crippen MR) is 83.8 cm³/mol. The zero-order valence-corrected chi connectivity index (χ0v) is 13.2. The summed E-state index contributed by atoms with van der Waals surface area (Å²) in [6.07, 6.45) is 2.64. The van der Waals surface area contributed by atoms with Gasteiger partial charge < -0.3 is 10.0 Å². The van der Waals surface area contributed by atoms with Crippen LogP contribution in [0.1, 0.15) is 25.7 Å². The largest absolute Gasteiger partial charge is 0.480 e. The maximum absolute atomic E-state index is 12.2. The molecule has 1 aliphatic rings. The van der Waals surface area contributed by atoms with Gasteiger partial charge in [-0.3, -0.25) is 4.79 Å². The van der Waals surface area contributed by atoms with Crippen molar-refractivity contribution in [2.45, 2.75) is 36.6 Å². The summed E-state index contributed by atoms with van der Waals surface area (Å²) >= 11 is 7.58. The number of hydrogen-bond donors (Lipinski definition) is 1. The molecule has 0 bridgehead atoms. The Morgan fingerprint density at radius 1 is 1.33 bits per heavy atom. The standard InChI is InChI=1S/C15H18ClNO3S/c16-11-5-1-2-7-13(11)21-10-8-14(18)17-9-4-3-6-12(17)15(19)20/h1-2,5,7,12H,3-4,6,8-10H2,(H,19,20). The van der Waals surface area contributed by atoms with Gasteiger partial charge in [0, 0.05) is 23.6 Å². The maximum Gasteiger partial charge on any atom is 0.326 e. The van der Waals surface area contributed by atoms with Gasteiger partial charge in [-0.05, 0) is 31.4 Å². The van der Waals surface area contributed by atoms with Gasteiger partial charge in [-0.1, -0.05) is 23.7 Å². The Kier molecular flexibility index (Phi) is 5.94. The number of piperidine rings is 1. The maximum atomic E-state index is 12.2. The molecule has 1 aromatic rings. The van der Waals surface area contributed by atoms with Crippen LogP contribution in [0, 0.1) is 0 Å². The summed E-state index contributed by atoms with van der Waals surface area (Å²) in [5.74, 6) is -0.380. The molecular formula is C15H18ClNO3S. The number of carbonyl (C=O) groups excluding carboxylic acids is 1. The first-order chi connectivity index (χ1) is 10.1. The first-order valence-corrected chi connectivity index (χ1v) is 8.35. The van der Waals surface area contributed by atoms with Crippen molar-refractivity contribution in [2.24, 2.45) is 0 Å². The second-order valence-electron chi connectivity index (χ2n) is 4.97. The van der Waals surface area contributed by atoms with E-state index < -0.39 is 12.0 Å². The van der Waals surface area contributed by atoms with Gasteiger partial charge in [-0.25, -0.2) is 4.79 Å². The van der Waals surface area contributed by atoms with Gasteiger partial charge in [0.1, 0.15) is 6.04 Å². The number of halogens is 1. The van der Waals surface area contributed by atoms with E-state index in [1.807, 2.05) is 24.3 Å². The first kappa shape index (κ1) is 16.2. The number of aliphatic carboxylic acids is 1. The summed E-state index contributed by atoms with van der Waals surface area (Å²) in [4.78, 5) is 25.9. The van der Waals surface area contributed by atoms with Crippen LogP contribution in [0.15, 0.2) is 29.2 Å². The van der Waals surface area contributed by atoms with Gasteiger partial charge in [0.15, 0.2) is 0 Å². The monoisotopic (exact) mass is 327 g/mol. The molecule has 1 atom stereocenters. The molecule has 0 radical (unpaired) electrons. The Balaban J connectivity index is 1.86. The molecule has 0 saturated carbocycles. The molecule has 6 heteroatoms. The number of carboxylic acids is 1. The highest BCUT2D eigenvalue weighted by atomic mass is 35.5. The van der Waals surface area contributed by atoms with E-state index in [9.17, 15) is 14.7 Å². The van der Waals surface area contributed by atoms with Crippen LogP contribution >= 0.6 is 23.4 Å². The first-order valence-electron chi connectivity index (χ1n) is 6.99. The van der Waals surface area contributed by atoms with Crippen molar-refractivity contribution in [3.63, 3.8) is 0 Å². The highest BCUT2D eigenvalue weighted by Gasteiger charge is 2.31. The lowest BCUT2D eigenvalue weighted by Gasteiger charge is -2.33. The number of thioether (sulfide) groups is 1. The second kappa shape index (κ2) is 7.71. The van der Waals surface area contributed by atoms with Crippen LogP contribution in [0.4, 0.5) is 0 Å². The molecule has 2 rings (SSSR count). The van der Waals surface area contributed by atoms with E-state index in [1.54, 1.807) is 0 Å². The van der Waals surface area contributed by atoms with E-state index in [0.29, 0.717) is 30.2 Å². The Labute approximate surface area is 133 Å². The lowest BCUT2D eigenvalue weighted by molar-refractivity contribution is -0.151. The van der Waals surface area contributed by atoms with Gasteiger partial charge in [0.2, 0.25) is 5.91 Å². The van der Waals surface area contributed by atoms with E-state index in [4.69, 9.17) is 11.6 Å². The van der Waals surface area contributed by atoms with Crippen molar-refractivity contribution in [3.8, 4) is 0 Å². The summed E-state index contributed by atoms with van der Waals surface area (Å²) in [5.41, 5.74) is 0. The van der Waals surface area contributed by atoms with Gasteiger partial charge in [-0.2, -0.15) is 0 Å². The molecule has 4 nitrogen and oxygen atoms in total. The molecule has 1 saturated heterocycles. The van der Waals surface area contributed by atoms with Crippen LogP contribution in [0.3, 0.4) is 0 Å². The Bertz CT molecular complexity index is 523. The molecule has 1 N–H and O–H groups in total. The summed E-state index contributed by atoms with van der Waals surface area (Å²) in [6.45, 7) is 0.548. The number of carboxylic acid groups (broad SMARTS) is 1. The van der Waals surface area contributed by atoms with E-state index in [0.717, 1.165) is 17.7 Å². The van der Waals surface area contributed by atoms with Crippen LogP contribution in [0.25, 0.3) is 0 Å². The Morgan fingerprint density at radius 3 is 2.81 bits per heavy atom. The smallest absolute Gasteiger partial charge is 0.326 e. The Morgan fingerprint density at radius 2 is 2.10 bits per heavy atom. The normalized spacial score (nSPS) is 18.5. The molecule has 1 aromatic carbocycles. The van der Waals surface area contributed by atoms with E-state index in [2.05, 4.69) is 0 Å². The van der Waals surface area contributed by atoms with Crippen LogP contribution in [0.2, 0.25) is 5.02 Å². The van der Waals surface area contributed by atoms with Crippen molar-refractivity contribution < 1.29 is 14.7 Å². The molecule has 1 heterocycles. The number of carbonyl (C=O) groups is 2. The fraction of sp³-hybridized carbons (Fsp3) is 0.467. The lowest BCUT2D eigenvalue weighted by Crippen LogP contribution is -2.48. The van der Waals surface area contributed by atoms with E-state index in [1.165, 1.54) is 16.7 Å². The molecule has 1 fully saturated rings. The molecule has 1 unspecified atom stereocenters. The van der Waals surface area contributed by atoms with E-state index >= 15 is 0 Å². The zero-order valence-electron chi connectivity index (χ0n) is 11.6. The van der Waals surface area contributed by atoms with Gasteiger partial charge in [0.25, 0.3) is 0 Å². The van der Waals surface area contributed by atoms with Crippen molar-refractivity contribution in [1.82, 2.24) is 4.90 Å². The molecule has 0 aliphatic carbocycles. The van der Waals surface area contributed by atoms with Crippen LogP contribution < -0.4 is 0 Å². The number of nitrogens with zero attached hydrogens (tertiary/aromatic N) is 1. The van der Waals surface area contributed by atoms with Crippen molar-refractivity contribution in [3.05, 3.63) is 29.3 Å². The quantitative estimate of drug-likeness (QED) is 0.843. The van der Waals surface area contributed by atoms with Crippen molar-refractivity contribution >= 4 is 35.2 Å². The lowest BCUT2D eigenvalue weighted by atomic mass is 10.0. The number of rotatable bonds is 5. The Hall–Kier alpha value is -1.20. The highest BCUT2D eigenvalue weighted by Crippen LogP contribution is 2.27. The molecule has 114 valence electrons. The number of amides is 1. The predicted octanol–water partition coefficient (Wildman–Crippen LogP) is 3.29. The molecule has 21 heavy (non-hydrogen) atoms. The minimum Gasteiger partial charge on any atom is -0.480 e. The summed E-state index contributed by atoms with van der Waals surface area (Å²) in [7, 11) is 0. The highest BCUT2D eigenvalue weighted by molar-refractivity contribution is 7.99. The average molecular weight is 328 g/mol. The second-order valence-corrected chi connectivity index (χ2v) is 6.51. The van der Waals surface area contributed by atoms with Crippen molar-refractivity contribution in [2.75, 3.05) is 12.3 Å². The molecule has 0 spiro atoms. The number of benzene rings is 1. The zero-order chi connectivity index (χ0) is 15.2. The third kappa shape index (κ3) is 4.38. The summed E-state index contributed by atoms with van der Waals surface area (Å²) < 4.78 is 0. The summed E-state index contributed by atoms with van der Waals surface area (Å²) in [5, 5.41) is 9.86. The van der Waals surface area contributed by atoms with E-state index in [-0.39, 0.29) is 5.91 Å². The third-order valence-electron chi connectivity index (χ3n) is 3.52. The number of hydrogen-bond acceptors (Lipinski definition) is 3. The van der Waals surface area contributed by atoms with Crippen LogP contribution in [0.5, 0.6) is 0 Å². The molecular weight excluding hydrogens is 310 g/mol. The van der Waals surface area contributed by atoms with Gasteiger partial charge >= 0.3 is 5.97 Å². The summed E-state index contributed by atoms with van der Waals surface area (Å²) in [6, 6.07) is 6.84. The van der Waals surface area contributed by atoms with Gasteiger partial charge in [0.05, 0.1) is 5.02 Å². The molecule has 1 amide bonds. The fourth-order valence-corrected chi connectivity index (χ4v) is 3.62. The van der Waals surface area contributed by atoms with Crippen LogP contribution in [-0.4, -0.2) is 40.2 Å². The third-order valence-corrected chi connectivity index (χ3v) is 5.04. The topological polar surface area (TPSA) is 57.6 Å². The van der Waals surface area contributed by atoms with Gasteiger partial charge in [-0.15, -0.1) is 11.8 Å².